The fourth-order valence-electron chi connectivity index (χ4n) is 2.03. The van der Waals surface area contributed by atoms with Gasteiger partial charge >= 0.3 is 5.00 Å². The van der Waals surface area contributed by atoms with Gasteiger partial charge in [0, 0.05) is 0 Å². The van der Waals surface area contributed by atoms with Crippen molar-refractivity contribution in [1.82, 2.24) is 4.98 Å². The molecule has 2 N–H and O–H groups in total. The smallest absolute Gasteiger partial charge is 0.345 e. The van der Waals surface area contributed by atoms with Crippen LogP contribution in [0.1, 0.15) is 32.1 Å². The maximum absolute atomic E-state index is 10.5. The summed E-state index contributed by atoms with van der Waals surface area (Å²) in [5.74, 6) is 0. The summed E-state index contributed by atoms with van der Waals surface area (Å²) >= 11 is 1.01. The van der Waals surface area contributed by atoms with E-state index >= 15 is 0 Å². The summed E-state index contributed by atoms with van der Waals surface area (Å²) < 4.78 is 0. The molecule has 1 heterocycles. The molecule has 1 aromatic rings. The Morgan fingerprint density at radius 3 is 2.94 bits per heavy atom. The van der Waals surface area contributed by atoms with Crippen molar-refractivity contribution >= 4 is 21.5 Å². The summed E-state index contributed by atoms with van der Waals surface area (Å²) in [7, 11) is 0. The first-order valence-corrected chi connectivity index (χ1v) is 6.53. The van der Waals surface area contributed by atoms with Gasteiger partial charge in [-0.25, -0.2) is 4.98 Å². The third-order valence-electron chi connectivity index (χ3n) is 2.96. The molecule has 17 heavy (non-hydrogen) atoms. The molecule has 0 bridgehead atoms. The second-order valence-corrected chi connectivity index (χ2v) is 5.23. The fraction of sp³-hybridized carbons (Fsp3) is 0.700. The van der Waals surface area contributed by atoms with E-state index in [0.29, 0.717) is 5.13 Å². The number of aliphatic hydroxyl groups is 1. The van der Waals surface area contributed by atoms with Crippen LogP contribution in [-0.2, 0) is 0 Å². The lowest BCUT2D eigenvalue weighted by Crippen LogP contribution is -2.32. The Kier molecular flexibility index (Phi) is 3.90. The van der Waals surface area contributed by atoms with Crippen LogP contribution in [0.3, 0.4) is 0 Å². The third-order valence-corrected chi connectivity index (χ3v) is 3.84. The third kappa shape index (κ3) is 3.13. The van der Waals surface area contributed by atoms with E-state index in [9.17, 15) is 15.2 Å². The second kappa shape index (κ2) is 5.42. The topological polar surface area (TPSA) is 88.3 Å². The van der Waals surface area contributed by atoms with E-state index in [1.165, 1.54) is 6.20 Å². The Morgan fingerprint density at radius 1 is 1.47 bits per heavy atom. The summed E-state index contributed by atoms with van der Waals surface area (Å²) in [4.78, 5) is 14.0. The Balaban J connectivity index is 2.00. The van der Waals surface area contributed by atoms with Gasteiger partial charge < -0.3 is 10.4 Å². The Labute approximate surface area is 103 Å². The van der Waals surface area contributed by atoms with Crippen molar-refractivity contribution in [3.05, 3.63) is 16.3 Å². The Bertz CT molecular complexity index is 396. The van der Waals surface area contributed by atoms with Gasteiger partial charge in [0.1, 0.15) is 6.20 Å². The standard InChI is InChI=1S/C10H15N3O3S/c14-8-5-3-1-2-4-7(8)12-10-11-6-9(17-10)13(15)16/h6-8,14H,1-5H2,(H,11,12). The van der Waals surface area contributed by atoms with Gasteiger partial charge in [0.05, 0.1) is 17.1 Å². The SMILES string of the molecule is O=[N+]([O-])c1cnc(NC2CCCCCC2O)s1. The van der Waals surface area contributed by atoms with E-state index in [2.05, 4.69) is 10.3 Å². The Hall–Kier alpha value is -1.21. The van der Waals surface area contributed by atoms with Crippen LogP contribution in [0.25, 0.3) is 0 Å². The molecule has 0 aromatic carbocycles. The van der Waals surface area contributed by atoms with Crippen molar-refractivity contribution in [2.45, 2.75) is 44.2 Å². The molecule has 6 nitrogen and oxygen atoms in total. The number of hydrogen-bond acceptors (Lipinski definition) is 6. The van der Waals surface area contributed by atoms with Crippen molar-refractivity contribution in [2.75, 3.05) is 5.32 Å². The highest BCUT2D eigenvalue weighted by Crippen LogP contribution is 2.28. The van der Waals surface area contributed by atoms with Gasteiger partial charge in [0.2, 0.25) is 0 Å². The van der Waals surface area contributed by atoms with Gasteiger partial charge in [-0.05, 0) is 24.2 Å². The molecule has 1 aliphatic rings. The number of nitrogens with zero attached hydrogens (tertiary/aromatic N) is 2. The lowest BCUT2D eigenvalue weighted by Gasteiger charge is -2.20. The number of thiazole rings is 1. The lowest BCUT2D eigenvalue weighted by atomic mass is 10.1. The highest BCUT2D eigenvalue weighted by molar-refractivity contribution is 7.18. The molecule has 0 aliphatic heterocycles. The maximum atomic E-state index is 10.5. The monoisotopic (exact) mass is 257 g/mol. The van der Waals surface area contributed by atoms with Crippen LogP contribution in [-0.4, -0.2) is 27.2 Å². The van der Waals surface area contributed by atoms with Crippen LogP contribution in [0.15, 0.2) is 6.20 Å². The molecule has 0 spiro atoms. The van der Waals surface area contributed by atoms with Crippen molar-refractivity contribution in [3.8, 4) is 0 Å². The molecule has 0 amide bonds. The molecule has 94 valence electrons. The molecular formula is C10H15N3O3S. The van der Waals surface area contributed by atoms with Crippen LogP contribution < -0.4 is 5.32 Å². The second-order valence-electron chi connectivity index (χ2n) is 4.22. The minimum absolute atomic E-state index is 0.0237. The normalized spacial score (nSPS) is 25.2. The minimum Gasteiger partial charge on any atom is -0.391 e. The lowest BCUT2D eigenvalue weighted by molar-refractivity contribution is -0.380. The van der Waals surface area contributed by atoms with Crippen LogP contribution in [0.2, 0.25) is 0 Å². The first kappa shape index (κ1) is 12.3. The molecule has 0 saturated heterocycles. The molecule has 1 aliphatic carbocycles. The number of nitrogens with one attached hydrogen (secondary N) is 1. The van der Waals surface area contributed by atoms with Gasteiger partial charge in [-0.2, -0.15) is 0 Å². The zero-order valence-electron chi connectivity index (χ0n) is 9.33. The molecule has 1 saturated carbocycles. The number of hydrogen-bond donors (Lipinski definition) is 2. The van der Waals surface area contributed by atoms with Crippen LogP contribution in [0, 0.1) is 10.1 Å². The Morgan fingerprint density at radius 2 is 2.24 bits per heavy atom. The van der Waals surface area contributed by atoms with Crippen molar-refractivity contribution in [1.29, 1.82) is 0 Å². The summed E-state index contributed by atoms with van der Waals surface area (Å²) in [5.41, 5.74) is 0. The molecular weight excluding hydrogens is 242 g/mol. The predicted octanol–water partition coefficient (Wildman–Crippen LogP) is 2.16. The molecule has 0 radical (unpaired) electrons. The van der Waals surface area contributed by atoms with Gasteiger partial charge in [0.15, 0.2) is 5.13 Å². The average Bonchev–Trinajstić information content (AvgIpc) is 2.66. The molecule has 2 unspecified atom stereocenters. The van der Waals surface area contributed by atoms with Crippen LogP contribution >= 0.6 is 11.3 Å². The largest absolute Gasteiger partial charge is 0.391 e. The van der Waals surface area contributed by atoms with E-state index in [-0.39, 0.29) is 17.1 Å². The summed E-state index contributed by atoms with van der Waals surface area (Å²) in [6, 6.07) is -0.0387. The number of nitro groups is 1. The van der Waals surface area contributed by atoms with E-state index in [4.69, 9.17) is 0 Å². The number of aromatic nitrogens is 1. The van der Waals surface area contributed by atoms with E-state index in [0.717, 1.165) is 43.4 Å². The zero-order chi connectivity index (χ0) is 12.3. The summed E-state index contributed by atoms with van der Waals surface area (Å²) in [6.45, 7) is 0. The molecule has 2 atom stereocenters. The number of anilines is 1. The van der Waals surface area contributed by atoms with Crippen LogP contribution in [0.5, 0.6) is 0 Å². The minimum atomic E-state index is -0.452. The van der Waals surface area contributed by atoms with Crippen molar-refractivity contribution in [2.24, 2.45) is 0 Å². The van der Waals surface area contributed by atoms with Gasteiger partial charge in [-0.3, -0.25) is 10.1 Å². The van der Waals surface area contributed by atoms with Gasteiger partial charge in [-0.1, -0.05) is 19.3 Å². The maximum Gasteiger partial charge on any atom is 0.345 e. The molecule has 1 fully saturated rings. The highest BCUT2D eigenvalue weighted by atomic mass is 32.1. The predicted molar refractivity (Wildman–Crippen MR) is 65.3 cm³/mol. The molecule has 1 aromatic heterocycles. The first-order chi connectivity index (χ1) is 8.16. The molecule has 7 heteroatoms. The summed E-state index contributed by atoms with van der Waals surface area (Å²) in [5, 5.41) is 24.1. The summed E-state index contributed by atoms with van der Waals surface area (Å²) in [6.07, 6.45) is 5.77. The van der Waals surface area contributed by atoms with Crippen molar-refractivity contribution in [3.63, 3.8) is 0 Å². The average molecular weight is 257 g/mol. The highest BCUT2D eigenvalue weighted by Gasteiger charge is 2.23. The zero-order valence-corrected chi connectivity index (χ0v) is 10.2. The van der Waals surface area contributed by atoms with E-state index in [1.54, 1.807) is 0 Å². The first-order valence-electron chi connectivity index (χ1n) is 5.71. The number of aliphatic hydroxyl groups excluding tert-OH is 1. The van der Waals surface area contributed by atoms with E-state index < -0.39 is 4.92 Å². The van der Waals surface area contributed by atoms with E-state index in [1.807, 2.05) is 0 Å². The fourth-order valence-corrected chi connectivity index (χ4v) is 2.73. The number of rotatable bonds is 3. The van der Waals surface area contributed by atoms with Gasteiger partial charge in [0.25, 0.3) is 0 Å². The molecule has 2 rings (SSSR count). The van der Waals surface area contributed by atoms with Crippen LogP contribution in [0.4, 0.5) is 10.1 Å². The van der Waals surface area contributed by atoms with Crippen molar-refractivity contribution < 1.29 is 10.0 Å². The van der Waals surface area contributed by atoms with Gasteiger partial charge in [-0.15, -0.1) is 0 Å². The quantitative estimate of drug-likeness (QED) is 0.492.